The Balaban J connectivity index is 1.39. The van der Waals surface area contributed by atoms with Gasteiger partial charge in [-0.15, -0.1) is 0 Å². The molecule has 0 aromatic carbocycles. The molecule has 0 aliphatic carbocycles. The molecule has 1 aliphatic rings. The lowest BCUT2D eigenvalue weighted by molar-refractivity contribution is -0.123. The molecule has 0 spiro atoms. The van der Waals surface area contributed by atoms with Crippen LogP contribution in [0.2, 0.25) is 0 Å². The van der Waals surface area contributed by atoms with E-state index in [1.807, 2.05) is 13.0 Å². The molecule has 9 nitrogen and oxygen atoms in total. The van der Waals surface area contributed by atoms with Crippen molar-refractivity contribution in [2.75, 3.05) is 43.0 Å². The van der Waals surface area contributed by atoms with Gasteiger partial charge in [0.2, 0.25) is 5.95 Å². The molecule has 1 fully saturated rings. The normalized spacial score (nSPS) is 13.5. The molecule has 0 bridgehead atoms. The van der Waals surface area contributed by atoms with E-state index in [-0.39, 0.29) is 18.5 Å². The fourth-order valence-corrected chi connectivity index (χ4v) is 2.66. The molecule has 138 valence electrons. The minimum atomic E-state index is -0.234. The predicted octanol–water partition coefficient (Wildman–Crippen LogP) is 0.782. The number of aromatic nitrogens is 4. The Bertz CT molecular complexity index is 720. The van der Waals surface area contributed by atoms with E-state index >= 15 is 0 Å². The average molecular weight is 357 g/mol. The standard InChI is InChI=1S/C17H23N7O2/c1-13-11-14(24-9-2-3-10-24)23-16(22-13)19-8-7-18-15(25)12-26-17-20-5-4-6-21-17/h4-6,11H,2-3,7-10,12H2,1H3,(H,18,25)(H,19,22,23). The van der Waals surface area contributed by atoms with Crippen molar-refractivity contribution in [1.29, 1.82) is 0 Å². The summed E-state index contributed by atoms with van der Waals surface area (Å²) in [6, 6.07) is 3.87. The molecule has 3 rings (SSSR count). The number of hydrogen-bond acceptors (Lipinski definition) is 8. The Labute approximate surface area is 152 Å². The molecule has 26 heavy (non-hydrogen) atoms. The highest BCUT2D eigenvalue weighted by molar-refractivity contribution is 5.77. The zero-order valence-corrected chi connectivity index (χ0v) is 14.8. The van der Waals surface area contributed by atoms with Crippen molar-refractivity contribution >= 4 is 17.7 Å². The first-order valence-electron chi connectivity index (χ1n) is 8.72. The third kappa shape index (κ3) is 5.27. The van der Waals surface area contributed by atoms with Gasteiger partial charge in [-0.3, -0.25) is 4.79 Å². The monoisotopic (exact) mass is 357 g/mol. The summed E-state index contributed by atoms with van der Waals surface area (Å²) in [7, 11) is 0. The van der Waals surface area contributed by atoms with E-state index < -0.39 is 0 Å². The van der Waals surface area contributed by atoms with E-state index in [0.29, 0.717) is 19.0 Å². The van der Waals surface area contributed by atoms with Crippen LogP contribution in [0.25, 0.3) is 0 Å². The smallest absolute Gasteiger partial charge is 0.316 e. The topological polar surface area (TPSA) is 105 Å². The van der Waals surface area contributed by atoms with Gasteiger partial charge in [0.15, 0.2) is 6.61 Å². The number of amides is 1. The number of rotatable bonds is 8. The van der Waals surface area contributed by atoms with Gasteiger partial charge in [0.05, 0.1) is 0 Å². The number of nitrogens with zero attached hydrogens (tertiary/aromatic N) is 5. The molecule has 0 radical (unpaired) electrons. The van der Waals surface area contributed by atoms with E-state index in [1.54, 1.807) is 18.5 Å². The summed E-state index contributed by atoms with van der Waals surface area (Å²) in [6.07, 6.45) is 5.52. The van der Waals surface area contributed by atoms with E-state index in [4.69, 9.17) is 4.74 Å². The molecule has 0 saturated carbocycles. The Morgan fingerprint density at radius 2 is 1.96 bits per heavy atom. The van der Waals surface area contributed by atoms with Gasteiger partial charge < -0.3 is 20.3 Å². The highest BCUT2D eigenvalue weighted by Gasteiger charge is 2.15. The second kappa shape index (κ2) is 8.93. The second-order valence-corrected chi connectivity index (χ2v) is 5.98. The lowest BCUT2D eigenvalue weighted by atomic mass is 10.4. The number of carbonyl (C=O) groups excluding carboxylic acids is 1. The number of anilines is 2. The van der Waals surface area contributed by atoms with Gasteiger partial charge in [0.1, 0.15) is 5.82 Å². The zero-order chi connectivity index (χ0) is 18.2. The molecule has 1 aliphatic heterocycles. The van der Waals surface area contributed by atoms with E-state index in [2.05, 4.69) is 35.5 Å². The summed E-state index contributed by atoms with van der Waals surface area (Å²) < 4.78 is 5.19. The first kappa shape index (κ1) is 17.8. The van der Waals surface area contributed by atoms with Gasteiger partial charge in [-0.25, -0.2) is 15.0 Å². The molecule has 1 saturated heterocycles. The van der Waals surface area contributed by atoms with Crippen molar-refractivity contribution in [3.8, 4) is 6.01 Å². The van der Waals surface area contributed by atoms with Crippen molar-refractivity contribution in [2.45, 2.75) is 19.8 Å². The second-order valence-electron chi connectivity index (χ2n) is 5.98. The van der Waals surface area contributed by atoms with Crippen LogP contribution < -0.4 is 20.3 Å². The van der Waals surface area contributed by atoms with Crippen molar-refractivity contribution in [3.05, 3.63) is 30.2 Å². The maximum atomic E-state index is 11.8. The predicted molar refractivity (Wildman–Crippen MR) is 97.2 cm³/mol. The largest absolute Gasteiger partial charge is 0.453 e. The highest BCUT2D eigenvalue weighted by Crippen LogP contribution is 2.19. The fraction of sp³-hybridized carbons (Fsp3) is 0.471. The van der Waals surface area contributed by atoms with Crippen LogP contribution in [-0.2, 0) is 4.79 Å². The summed E-state index contributed by atoms with van der Waals surface area (Å²) >= 11 is 0. The number of aryl methyl sites for hydroxylation is 1. The Morgan fingerprint density at radius 1 is 1.19 bits per heavy atom. The lowest BCUT2D eigenvalue weighted by Gasteiger charge is -2.17. The Hall–Kier alpha value is -2.97. The van der Waals surface area contributed by atoms with Crippen LogP contribution in [0.4, 0.5) is 11.8 Å². The molecule has 9 heteroatoms. The lowest BCUT2D eigenvalue weighted by Crippen LogP contribution is -2.33. The van der Waals surface area contributed by atoms with Crippen LogP contribution in [0.3, 0.4) is 0 Å². The first-order chi connectivity index (χ1) is 12.7. The molecule has 0 unspecified atom stereocenters. The van der Waals surface area contributed by atoms with Crippen molar-refractivity contribution in [3.63, 3.8) is 0 Å². The maximum Gasteiger partial charge on any atom is 0.316 e. The third-order valence-corrected chi connectivity index (χ3v) is 3.88. The van der Waals surface area contributed by atoms with Crippen LogP contribution in [0.15, 0.2) is 24.5 Å². The number of hydrogen-bond donors (Lipinski definition) is 2. The van der Waals surface area contributed by atoms with Crippen LogP contribution in [0, 0.1) is 6.92 Å². The highest BCUT2D eigenvalue weighted by atomic mass is 16.5. The van der Waals surface area contributed by atoms with E-state index in [1.165, 1.54) is 12.8 Å². The molecular weight excluding hydrogens is 334 g/mol. The molecule has 1 amide bonds. The SMILES string of the molecule is Cc1cc(N2CCCC2)nc(NCCNC(=O)COc2ncccn2)n1. The van der Waals surface area contributed by atoms with Crippen LogP contribution in [-0.4, -0.2) is 58.6 Å². The van der Waals surface area contributed by atoms with E-state index in [0.717, 1.165) is 24.6 Å². The van der Waals surface area contributed by atoms with Gasteiger partial charge >= 0.3 is 6.01 Å². The molecule has 2 aromatic rings. The maximum absolute atomic E-state index is 11.8. The number of ether oxygens (including phenoxy) is 1. The average Bonchev–Trinajstić information content (AvgIpc) is 3.19. The molecular formula is C17H23N7O2. The van der Waals surface area contributed by atoms with Crippen molar-refractivity contribution in [1.82, 2.24) is 25.3 Å². The van der Waals surface area contributed by atoms with Crippen molar-refractivity contribution < 1.29 is 9.53 Å². The van der Waals surface area contributed by atoms with Gasteiger partial charge in [0.25, 0.3) is 5.91 Å². The number of carbonyl (C=O) groups is 1. The summed E-state index contributed by atoms with van der Waals surface area (Å²) in [5.41, 5.74) is 0.921. The van der Waals surface area contributed by atoms with E-state index in [9.17, 15) is 4.79 Å². The van der Waals surface area contributed by atoms with Crippen LogP contribution in [0.5, 0.6) is 6.01 Å². The summed E-state index contributed by atoms with van der Waals surface area (Å²) in [5.74, 6) is 1.30. The zero-order valence-electron chi connectivity index (χ0n) is 14.8. The quantitative estimate of drug-likeness (QED) is 0.668. The summed E-state index contributed by atoms with van der Waals surface area (Å²) in [5, 5.41) is 5.91. The molecule has 2 aromatic heterocycles. The van der Waals surface area contributed by atoms with Crippen molar-refractivity contribution in [2.24, 2.45) is 0 Å². The van der Waals surface area contributed by atoms with Gasteiger partial charge in [-0.2, -0.15) is 4.98 Å². The molecule has 2 N–H and O–H groups in total. The van der Waals surface area contributed by atoms with Gasteiger partial charge in [0, 0.05) is 50.3 Å². The van der Waals surface area contributed by atoms with Crippen LogP contribution >= 0.6 is 0 Å². The Kier molecular flexibility index (Phi) is 6.13. The third-order valence-electron chi connectivity index (χ3n) is 3.88. The Morgan fingerprint density at radius 3 is 2.73 bits per heavy atom. The first-order valence-corrected chi connectivity index (χ1v) is 8.72. The number of nitrogens with one attached hydrogen (secondary N) is 2. The fourth-order valence-electron chi connectivity index (χ4n) is 2.66. The van der Waals surface area contributed by atoms with Gasteiger partial charge in [-0.1, -0.05) is 0 Å². The summed E-state index contributed by atoms with van der Waals surface area (Å²) in [4.78, 5) is 30.8. The minimum absolute atomic E-state index is 0.121. The van der Waals surface area contributed by atoms with Crippen LogP contribution in [0.1, 0.15) is 18.5 Å². The minimum Gasteiger partial charge on any atom is -0.453 e. The molecule has 0 atom stereocenters. The van der Waals surface area contributed by atoms with Gasteiger partial charge in [-0.05, 0) is 25.8 Å². The molecule has 3 heterocycles. The summed E-state index contributed by atoms with van der Waals surface area (Å²) in [6.45, 7) is 4.88.